The molecule has 0 bridgehead atoms. The number of anilines is 1. The van der Waals surface area contributed by atoms with E-state index in [2.05, 4.69) is 5.32 Å². The Bertz CT molecular complexity index is 1450. The molecule has 3 amide bonds. The molecule has 1 saturated heterocycles. The Morgan fingerprint density at radius 3 is 2.35 bits per heavy atom. The monoisotopic (exact) mass is 562 g/mol. The molecule has 1 fully saturated rings. The molecule has 0 radical (unpaired) electrons. The van der Waals surface area contributed by atoms with Crippen LogP contribution in [0.4, 0.5) is 10.5 Å². The quantitative estimate of drug-likeness (QED) is 0.308. The third-order valence-electron chi connectivity index (χ3n) is 5.71. The second-order valence-electron chi connectivity index (χ2n) is 8.47. The molecular formula is C29H26N2O8S. The Kier molecular flexibility index (Phi) is 9.07. The van der Waals surface area contributed by atoms with Crippen LogP contribution in [0.15, 0.2) is 71.6 Å². The van der Waals surface area contributed by atoms with Gasteiger partial charge in [-0.15, -0.1) is 0 Å². The number of imide groups is 1. The Labute approximate surface area is 234 Å². The first-order chi connectivity index (χ1) is 19.3. The number of rotatable bonds is 11. The highest BCUT2D eigenvalue weighted by molar-refractivity contribution is 8.18. The molecule has 2 N–H and O–H groups in total. The van der Waals surface area contributed by atoms with E-state index in [4.69, 9.17) is 19.3 Å². The molecule has 1 aliphatic rings. The van der Waals surface area contributed by atoms with Crippen molar-refractivity contribution < 1.29 is 38.5 Å². The first-order valence-corrected chi connectivity index (χ1v) is 13.0. The van der Waals surface area contributed by atoms with Gasteiger partial charge in [-0.05, 0) is 84.4 Å². The molecule has 206 valence electrons. The standard InChI is InChI=1S/C29H26N2O8S/c1-3-38-22-11-9-21(10-12-22)30-26(32)16-31-27(33)25(40-29(31)36)15-19-6-13-23(24(14-19)37-2)39-17-18-4-7-20(8-5-18)28(34)35/h4-15H,3,16-17H2,1-2H3,(H,30,32)(H,34,35)/b25-15-. The normalized spacial score (nSPS) is 13.8. The molecule has 0 saturated carbocycles. The van der Waals surface area contributed by atoms with Gasteiger partial charge in [-0.2, -0.15) is 0 Å². The summed E-state index contributed by atoms with van der Waals surface area (Å²) in [4.78, 5) is 50.0. The van der Waals surface area contributed by atoms with Crippen LogP contribution in [0.2, 0.25) is 0 Å². The maximum Gasteiger partial charge on any atom is 0.335 e. The molecule has 10 nitrogen and oxygen atoms in total. The van der Waals surface area contributed by atoms with Crippen molar-refractivity contribution in [1.82, 2.24) is 4.90 Å². The molecule has 0 atom stereocenters. The number of nitrogens with one attached hydrogen (secondary N) is 1. The minimum atomic E-state index is -1.00. The van der Waals surface area contributed by atoms with Gasteiger partial charge in [0.25, 0.3) is 11.1 Å². The minimum absolute atomic E-state index is 0.174. The van der Waals surface area contributed by atoms with Gasteiger partial charge in [0.05, 0.1) is 24.2 Å². The van der Waals surface area contributed by atoms with E-state index in [1.165, 1.54) is 19.2 Å². The van der Waals surface area contributed by atoms with Gasteiger partial charge in [0.15, 0.2) is 11.5 Å². The van der Waals surface area contributed by atoms with Crippen molar-refractivity contribution in [3.05, 3.63) is 88.3 Å². The zero-order chi connectivity index (χ0) is 28.6. The first kappa shape index (κ1) is 28.2. The van der Waals surface area contributed by atoms with Gasteiger partial charge < -0.3 is 24.6 Å². The number of aromatic carboxylic acids is 1. The van der Waals surface area contributed by atoms with Crippen molar-refractivity contribution >= 4 is 46.5 Å². The molecule has 1 heterocycles. The highest BCUT2D eigenvalue weighted by Crippen LogP contribution is 2.35. The number of carboxylic acid groups (broad SMARTS) is 1. The van der Waals surface area contributed by atoms with Crippen LogP contribution in [0.1, 0.15) is 28.4 Å². The molecule has 1 aliphatic heterocycles. The molecule has 0 aromatic heterocycles. The average molecular weight is 563 g/mol. The van der Waals surface area contributed by atoms with Crippen molar-refractivity contribution in [2.24, 2.45) is 0 Å². The molecular weight excluding hydrogens is 536 g/mol. The highest BCUT2D eigenvalue weighted by Gasteiger charge is 2.36. The molecule has 0 aliphatic carbocycles. The van der Waals surface area contributed by atoms with Crippen LogP contribution in [0.25, 0.3) is 6.08 Å². The fourth-order valence-electron chi connectivity index (χ4n) is 3.73. The number of methoxy groups -OCH3 is 1. The lowest BCUT2D eigenvalue weighted by Gasteiger charge is -2.13. The molecule has 4 rings (SSSR count). The third kappa shape index (κ3) is 7.00. The number of hydrogen-bond acceptors (Lipinski definition) is 8. The largest absolute Gasteiger partial charge is 0.494 e. The minimum Gasteiger partial charge on any atom is -0.494 e. The van der Waals surface area contributed by atoms with Crippen LogP contribution in [0.3, 0.4) is 0 Å². The van der Waals surface area contributed by atoms with Crippen molar-refractivity contribution in [3.63, 3.8) is 0 Å². The highest BCUT2D eigenvalue weighted by atomic mass is 32.2. The summed E-state index contributed by atoms with van der Waals surface area (Å²) < 4.78 is 16.6. The van der Waals surface area contributed by atoms with E-state index in [1.54, 1.807) is 60.7 Å². The zero-order valence-corrected chi connectivity index (χ0v) is 22.5. The number of carbonyl (C=O) groups excluding carboxylic acids is 3. The van der Waals surface area contributed by atoms with Gasteiger partial charge in [-0.3, -0.25) is 19.3 Å². The Morgan fingerprint density at radius 2 is 1.70 bits per heavy atom. The summed E-state index contributed by atoms with van der Waals surface area (Å²) in [6, 6.07) is 18.1. The lowest BCUT2D eigenvalue weighted by Crippen LogP contribution is -2.36. The number of hydrogen-bond donors (Lipinski definition) is 2. The van der Waals surface area contributed by atoms with Gasteiger partial charge in [-0.25, -0.2) is 4.79 Å². The summed E-state index contributed by atoms with van der Waals surface area (Å²) >= 11 is 0.749. The molecule has 3 aromatic rings. The fraction of sp³-hybridized carbons (Fsp3) is 0.172. The molecule has 11 heteroatoms. The van der Waals surface area contributed by atoms with Crippen LogP contribution in [-0.4, -0.2) is 53.3 Å². The SMILES string of the molecule is CCOc1ccc(NC(=O)CN2C(=O)S/C(=C\c3ccc(OCc4ccc(C(=O)O)cc4)c(OC)c3)C2=O)cc1. The van der Waals surface area contributed by atoms with Crippen molar-refractivity contribution in [2.45, 2.75) is 13.5 Å². The van der Waals surface area contributed by atoms with Crippen LogP contribution >= 0.6 is 11.8 Å². The predicted octanol–water partition coefficient (Wildman–Crippen LogP) is 5.05. The number of carboxylic acids is 1. The van der Waals surface area contributed by atoms with E-state index < -0.39 is 29.6 Å². The van der Waals surface area contributed by atoms with E-state index in [0.29, 0.717) is 35.1 Å². The summed E-state index contributed by atoms with van der Waals surface area (Å²) in [5.41, 5.74) is 2.07. The number of nitrogens with zero attached hydrogens (tertiary/aromatic N) is 1. The maximum atomic E-state index is 12.9. The van der Waals surface area contributed by atoms with E-state index >= 15 is 0 Å². The molecule has 0 spiro atoms. The van der Waals surface area contributed by atoms with E-state index in [1.807, 2.05) is 6.92 Å². The molecule has 0 unspecified atom stereocenters. The predicted molar refractivity (Wildman–Crippen MR) is 150 cm³/mol. The summed E-state index contributed by atoms with van der Waals surface area (Å²) in [5, 5.41) is 11.2. The van der Waals surface area contributed by atoms with Gasteiger partial charge >= 0.3 is 5.97 Å². The van der Waals surface area contributed by atoms with Crippen molar-refractivity contribution in [3.8, 4) is 17.2 Å². The van der Waals surface area contributed by atoms with Gasteiger partial charge in [0.1, 0.15) is 18.9 Å². The Hall–Kier alpha value is -4.77. The van der Waals surface area contributed by atoms with E-state index in [0.717, 1.165) is 22.2 Å². The van der Waals surface area contributed by atoms with Crippen LogP contribution < -0.4 is 19.5 Å². The zero-order valence-electron chi connectivity index (χ0n) is 21.7. The van der Waals surface area contributed by atoms with Crippen LogP contribution in [0.5, 0.6) is 17.2 Å². The maximum absolute atomic E-state index is 12.9. The number of benzene rings is 3. The van der Waals surface area contributed by atoms with Crippen LogP contribution in [-0.2, 0) is 16.2 Å². The second-order valence-corrected chi connectivity index (χ2v) is 9.47. The number of carbonyl (C=O) groups is 4. The summed E-state index contributed by atoms with van der Waals surface area (Å²) in [6.45, 7) is 2.16. The number of amides is 3. The van der Waals surface area contributed by atoms with Crippen LogP contribution in [0, 0.1) is 0 Å². The van der Waals surface area contributed by atoms with Gasteiger partial charge in [-0.1, -0.05) is 18.2 Å². The van der Waals surface area contributed by atoms with E-state index in [9.17, 15) is 19.2 Å². The van der Waals surface area contributed by atoms with Gasteiger partial charge in [0, 0.05) is 5.69 Å². The fourth-order valence-corrected chi connectivity index (χ4v) is 4.57. The molecule has 3 aromatic carbocycles. The lowest BCUT2D eigenvalue weighted by atomic mass is 10.1. The summed E-state index contributed by atoms with van der Waals surface area (Å²) in [6.07, 6.45) is 1.55. The van der Waals surface area contributed by atoms with Crippen molar-refractivity contribution in [1.29, 1.82) is 0 Å². The topological polar surface area (TPSA) is 131 Å². The lowest BCUT2D eigenvalue weighted by molar-refractivity contribution is -0.127. The van der Waals surface area contributed by atoms with E-state index in [-0.39, 0.29) is 17.1 Å². The average Bonchev–Trinajstić information content (AvgIpc) is 3.20. The first-order valence-electron chi connectivity index (χ1n) is 12.2. The van der Waals surface area contributed by atoms with Gasteiger partial charge in [0.2, 0.25) is 5.91 Å². The van der Waals surface area contributed by atoms with Crippen molar-refractivity contribution in [2.75, 3.05) is 25.6 Å². The second kappa shape index (κ2) is 12.9. The Balaban J connectivity index is 1.38. The summed E-state index contributed by atoms with van der Waals surface area (Å²) in [5.74, 6) is -0.560. The third-order valence-corrected chi connectivity index (χ3v) is 6.61. The number of thioether (sulfide) groups is 1. The smallest absolute Gasteiger partial charge is 0.335 e. The summed E-state index contributed by atoms with van der Waals surface area (Å²) in [7, 11) is 1.48. The Morgan fingerprint density at radius 1 is 0.975 bits per heavy atom. The number of ether oxygens (including phenoxy) is 3. The molecule has 40 heavy (non-hydrogen) atoms.